The molecule has 0 aromatic carbocycles. The summed E-state index contributed by atoms with van der Waals surface area (Å²) in [5.74, 6) is 7.15. The van der Waals surface area contributed by atoms with Crippen LogP contribution >= 0.6 is 45.3 Å². The van der Waals surface area contributed by atoms with Gasteiger partial charge in [-0.3, -0.25) is 19.2 Å². The van der Waals surface area contributed by atoms with Crippen molar-refractivity contribution in [3.05, 3.63) is 406 Å². The van der Waals surface area contributed by atoms with Crippen LogP contribution in [0.1, 0.15) is 78.8 Å². The lowest BCUT2D eigenvalue weighted by Crippen LogP contribution is -2.34. The zero-order valence-corrected chi connectivity index (χ0v) is 70.6. The summed E-state index contributed by atoms with van der Waals surface area (Å²) in [7, 11) is 0. The van der Waals surface area contributed by atoms with Gasteiger partial charge in [0.05, 0.1) is 0 Å². The Balaban J connectivity index is 0.000000133. The summed E-state index contributed by atoms with van der Waals surface area (Å²) < 4.78 is 0. The summed E-state index contributed by atoms with van der Waals surface area (Å²) in [6, 6.07) is 16.9. The van der Waals surface area contributed by atoms with Crippen molar-refractivity contribution in [3.63, 3.8) is 0 Å². The minimum Gasteiger partial charge on any atom is -0.299 e. The number of Topliss-reactive ketones (excluding diaryl/α,β-unsaturated/α-hetero) is 4. The molecule has 7 saturated carbocycles. The number of ketones is 4. The molecular weight excluding hydrogens is 1490 g/mol. The molecule has 0 radical (unpaired) electrons. The number of thiophene rings is 4. The van der Waals surface area contributed by atoms with Crippen LogP contribution in [0, 0.1) is 136 Å². The van der Waals surface area contributed by atoms with Gasteiger partial charge in [-0.05, 0) is 240 Å². The quantitative estimate of drug-likeness (QED) is 0.0490. The van der Waals surface area contributed by atoms with Gasteiger partial charge in [0.1, 0.15) is 23.1 Å². The molecule has 0 N–H and O–H groups in total. The number of carbonyl (C=O) groups excluding carboxylic acids is 4. The lowest BCUT2D eigenvalue weighted by atomic mass is 9.64. The first-order chi connectivity index (χ1) is 56.9. The van der Waals surface area contributed by atoms with Crippen molar-refractivity contribution in [2.75, 3.05) is 0 Å². The van der Waals surface area contributed by atoms with Gasteiger partial charge < -0.3 is 0 Å². The number of fused-ring (bicyclic) bond motifs is 21. The fraction of sp³-hybridized carbons (Fsp3) is 0.296. The Morgan fingerprint density at radius 3 is 1.44 bits per heavy atom. The van der Waals surface area contributed by atoms with Crippen LogP contribution in [0.25, 0.3) is 23.8 Å². The summed E-state index contributed by atoms with van der Waals surface area (Å²) >= 11 is 7.00. The Kier molecular flexibility index (Phi) is 29.6. The Labute approximate surface area is 707 Å². The van der Waals surface area contributed by atoms with Crippen LogP contribution in [-0.4, -0.2) is 23.1 Å². The van der Waals surface area contributed by atoms with E-state index in [4.69, 9.17) is 0 Å². The highest BCUT2D eigenvalue weighted by molar-refractivity contribution is 7.11. The molecule has 6 bridgehead atoms. The first-order valence-corrected chi connectivity index (χ1v) is 45.3. The maximum Gasteiger partial charge on any atom is 0.141 e. The van der Waals surface area contributed by atoms with E-state index < -0.39 is 0 Å². The van der Waals surface area contributed by atoms with Crippen molar-refractivity contribution in [2.45, 2.75) is 59.3 Å². The van der Waals surface area contributed by atoms with Crippen molar-refractivity contribution in [1.82, 2.24) is 0 Å². The van der Waals surface area contributed by atoms with Gasteiger partial charge in [-0.1, -0.05) is 273 Å². The molecule has 13 aliphatic rings. The highest BCUT2D eigenvalue weighted by Gasteiger charge is 2.64. The van der Waals surface area contributed by atoms with Crippen molar-refractivity contribution in [3.8, 4) is 0 Å². The Bertz CT molecular complexity index is 4840. The third-order valence-electron chi connectivity index (χ3n) is 25.7. The molecule has 116 heavy (non-hydrogen) atoms. The van der Waals surface area contributed by atoms with Gasteiger partial charge in [-0.25, -0.2) is 0 Å². The standard InChI is InChI=1S/C31H38O.C27H22OS2.C24H26O.C23H20OS2.C3H6/c1-4-7-8-9-10-11-12-13-17-25-30-27(6-3)28(29(20-5-2)31(30)32)24-19-18-23-26-21-15-14-16-22-26;28-27-25-22-12-8-18(6-10-20-4-2-14-30-20)16-24(22)26(27)21-11-7-17(15-23(21)25)5-9-19-3-1-13-29-19;1-4-7-15-9-11-18-20(13-15)22-19-12-10-17(16(6-3)8-5-2)14-21(19)23(18)24(22)25;1-2-16-17(10-8-15-5-3-11-25-15)22-18-9-7-14(20-6-4-12-26-20)13-19(18)21(16)23(22)24;1-3-2/h4-9,11-13,15,17-19,21-24,27-30H,2-3,10,14,16,20,25H2,1H3;1-16,21-26H;4-7,9-14,16,18-23H,2-3,8H2,1H3;2-13,16-19,21-22H,1H2;3H,1H2,2H3/b7-4-,9-8-,12-11+,17-13+,23-18+,24-19+;9-5+,10-6+;7-4+;10-8+;/t27?,28?,29-,30+;21?,22?,23?,24?,25-,26-;16?,18?,19?,20?,21?,22-,23-;16?,17?,18?,19?,21-,22+;/m1111./s1. The number of hydrogen-bond acceptors (Lipinski definition) is 8. The fourth-order valence-electron chi connectivity index (χ4n) is 20.8. The smallest absolute Gasteiger partial charge is 0.141 e. The summed E-state index contributed by atoms with van der Waals surface area (Å²) in [4.78, 5) is 57.7. The molecule has 0 aliphatic heterocycles. The molecule has 7 fully saturated rings. The number of carbonyl (C=O) groups is 4. The number of allylic oxidation sites excluding steroid dienone is 47. The highest BCUT2D eigenvalue weighted by atomic mass is 32.1. The summed E-state index contributed by atoms with van der Waals surface area (Å²) in [5.41, 5.74) is 7.54. The van der Waals surface area contributed by atoms with Crippen LogP contribution in [0.5, 0.6) is 0 Å². The molecule has 17 rings (SSSR count). The summed E-state index contributed by atoms with van der Waals surface area (Å²) in [6.45, 7) is 29.2. The van der Waals surface area contributed by atoms with E-state index in [9.17, 15) is 19.2 Å². The molecule has 15 unspecified atom stereocenters. The second kappa shape index (κ2) is 40.9. The largest absolute Gasteiger partial charge is 0.299 e. The van der Waals surface area contributed by atoms with Gasteiger partial charge in [0.2, 0.25) is 0 Å². The summed E-state index contributed by atoms with van der Waals surface area (Å²) in [6.07, 6.45) is 101. The average molecular weight is 1600 g/mol. The predicted octanol–water partition coefficient (Wildman–Crippen LogP) is 27.4. The highest BCUT2D eigenvalue weighted by Crippen LogP contribution is 2.63. The third kappa shape index (κ3) is 18.8. The van der Waals surface area contributed by atoms with Crippen molar-refractivity contribution >= 4 is 92.3 Å². The maximum atomic E-state index is 13.2. The van der Waals surface area contributed by atoms with Crippen LogP contribution in [0.4, 0.5) is 0 Å². The zero-order valence-electron chi connectivity index (χ0n) is 67.4. The van der Waals surface area contributed by atoms with E-state index in [1.807, 2.05) is 69.4 Å². The van der Waals surface area contributed by atoms with Crippen LogP contribution < -0.4 is 0 Å². The van der Waals surface area contributed by atoms with Crippen LogP contribution in [0.3, 0.4) is 0 Å². The first kappa shape index (κ1) is 84.1. The molecule has 4 aromatic rings. The molecule has 13 aliphatic carbocycles. The first-order valence-electron chi connectivity index (χ1n) is 41.8. The minimum atomic E-state index is -0.0145. The fourth-order valence-corrected chi connectivity index (χ4v) is 23.4. The van der Waals surface area contributed by atoms with Gasteiger partial charge in [0, 0.05) is 72.8 Å². The number of rotatable bonds is 25. The molecule has 592 valence electrons. The molecule has 4 nitrogen and oxygen atoms in total. The van der Waals surface area contributed by atoms with Gasteiger partial charge in [-0.2, -0.15) is 0 Å². The average Bonchev–Trinajstić information content (AvgIpc) is 1.56. The van der Waals surface area contributed by atoms with Crippen LogP contribution in [-0.2, 0) is 19.2 Å². The van der Waals surface area contributed by atoms with Crippen molar-refractivity contribution in [1.29, 1.82) is 0 Å². The lowest BCUT2D eigenvalue weighted by molar-refractivity contribution is -0.124. The van der Waals surface area contributed by atoms with Crippen molar-refractivity contribution in [2.24, 2.45) is 136 Å². The maximum absolute atomic E-state index is 13.2. The molecule has 4 aromatic heterocycles. The molecule has 0 spiro atoms. The van der Waals surface area contributed by atoms with Crippen LogP contribution in [0.15, 0.2) is 387 Å². The molecule has 0 saturated heterocycles. The van der Waals surface area contributed by atoms with E-state index in [1.54, 1.807) is 51.4 Å². The Morgan fingerprint density at radius 2 is 0.914 bits per heavy atom. The molecule has 23 atom stereocenters. The monoisotopic (exact) mass is 1600 g/mol. The van der Waals surface area contributed by atoms with E-state index >= 15 is 0 Å². The van der Waals surface area contributed by atoms with Gasteiger partial charge in [-0.15, -0.1) is 84.8 Å². The van der Waals surface area contributed by atoms with E-state index in [-0.39, 0.29) is 71.0 Å². The molecule has 0 amide bonds. The number of hydrogen-bond donors (Lipinski definition) is 0. The second-order valence-electron chi connectivity index (χ2n) is 32.2. The van der Waals surface area contributed by atoms with Gasteiger partial charge in [0.15, 0.2) is 0 Å². The normalized spacial score (nSPS) is 32.5. The predicted molar refractivity (Wildman–Crippen MR) is 498 cm³/mol. The van der Waals surface area contributed by atoms with E-state index in [0.29, 0.717) is 94.7 Å². The second-order valence-corrected chi connectivity index (χ2v) is 36.1. The third-order valence-corrected chi connectivity index (χ3v) is 29.1. The summed E-state index contributed by atoms with van der Waals surface area (Å²) in [5, 5.41) is 8.40. The van der Waals surface area contributed by atoms with E-state index in [1.165, 1.54) is 52.9 Å². The topological polar surface area (TPSA) is 68.3 Å². The molecule has 8 heteroatoms. The van der Waals surface area contributed by atoms with Gasteiger partial charge in [0.25, 0.3) is 0 Å². The molecule has 4 heterocycles. The van der Waals surface area contributed by atoms with E-state index in [2.05, 4.69) is 322 Å². The zero-order chi connectivity index (χ0) is 81.0. The Hall–Kier alpha value is -9.80. The van der Waals surface area contributed by atoms with Crippen LogP contribution in [0.2, 0.25) is 0 Å². The van der Waals surface area contributed by atoms with E-state index in [0.717, 1.165) is 32.1 Å². The van der Waals surface area contributed by atoms with Gasteiger partial charge >= 0.3 is 0 Å². The SMILES string of the molecule is C=CC.C=CC1C(/C=C/c2cccs2)[C@@H]2C(=O)[C@H]1C1C=C(c3cccs3)C=CC12.C=CCC(C=C)C1=CC2C(C=C1)[C@H]1C(=O)[C@@H]2C2C=CC(/C=C/C)=CC21.C=CC[C@H]1C(=O)[C@@H](C/C=C/C=C/C/C=C\C=C/C)C(C=C)C1/C=C/C=C/C1=CCCC=C1.O=C1[C@@H]2C3C=CC(/C=C/c4cccs4)=CC3[C@H]1C1C=CC(/C=C/c3cccs3)=CC12. The van der Waals surface area contributed by atoms with Crippen molar-refractivity contribution < 1.29 is 19.2 Å². The Morgan fingerprint density at radius 1 is 0.405 bits per heavy atom. The minimum absolute atomic E-state index is 0.0142. The molecular formula is C108H112O4S4. The lowest BCUT2D eigenvalue weighted by Gasteiger charge is -2.38.